The van der Waals surface area contributed by atoms with Gasteiger partial charge < -0.3 is 29.4 Å². The number of para-hydroxylation sites is 1. The number of benzene rings is 3. The fourth-order valence-corrected chi connectivity index (χ4v) is 11.7. The van der Waals surface area contributed by atoms with E-state index in [-0.39, 0.29) is 51.0 Å². The normalized spacial score (nSPS) is 15.3. The van der Waals surface area contributed by atoms with Crippen LogP contribution in [0.25, 0.3) is 32.8 Å². The van der Waals surface area contributed by atoms with Crippen molar-refractivity contribution in [3.63, 3.8) is 0 Å². The van der Waals surface area contributed by atoms with E-state index < -0.39 is 8.07 Å². The van der Waals surface area contributed by atoms with E-state index in [9.17, 15) is 0 Å². The number of fused-ring (bicyclic) bond motifs is 1. The SMILES string of the molecule is CC1=C2c3c(ccn3-c3ccccc3)C1[Si]2(C)C.CCCCCCc1ccc(-c2cccc3[cH-]c(C)cc23)cc1.[Cl-].[Cl-].[Zr+3]. The fourth-order valence-electron chi connectivity index (χ4n) is 7.37. The van der Waals surface area contributed by atoms with E-state index in [0.717, 1.165) is 5.54 Å². The van der Waals surface area contributed by atoms with Gasteiger partial charge in [0, 0.05) is 23.1 Å². The van der Waals surface area contributed by atoms with Crippen molar-refractivity contribution >= 4 is 24.0 Å². The van der Waals surface area contributed by atoms with Gasteiger partial charge >= 0.3 is 26.2 Å². The molecule has 5 heteroatoms. The van der Waals surface area contributed by atoms with Crippen molar-refractivity contribution in [3.05, 3.63) is 125 Å². The number of aromatic nitrogens is 1. The molecule has 43 heavy (non-hydrogen) atoms. The molecular formula is C38H42Cl2NSiZr. The van der Waals surface area contributed by atoms with Crippen LogP contribution in [0, 0.1) is 6.92 Å². The number of rotatable bonds is 7. The molecule has 0 spiro atoms. The smallest absolute Gasteiger partial charge is 1.00 e. The summed E-state index contributed by atoms with van der Waals surface area (Å²) in [5.74, 6) is 0. The first-order valence-electron chi connectivity index (χ1n) is 15.1. The van der Waals surface area contributed by atoms with Crippen LogP contribution >= 0.6 is 0 Å². The molecule has 2 aliphatic heterocycles. The minimum atomic E-state index is -1.17. The van der Waals surface area contributed by atoms with E-state index in [4.69, 9.17) is 0 Å². The molecule has 3 heterocycles. The monoisotopic (exact) mass is 700 g/mol. The Labute approximate surface area is 291 Å². The number of nitrogens with zero attached hydrogens (tertiary/aromatic N) is 1. The molecule has 221 valence electrons. The first-order chi connectivity index (χ1) is 19.4. The first kappa shape index (κ1) is 35.4. The van der Waals surface area contributed by atoms with Gasteiger partial charge in [-0.2, -0.15) is 6.07 Å². The molecule has 3 aliphatic rings. The Bertz CT molecular complexity index is 1680. The Morgan fingerprint density at radius 1 is 0.814 bits per heavy atom. The summed E-state index contributed by atoms with van der Waals surface area (Å²) in [6, 6.07) is 33.4. The van der Waals surface area contributed by atoms with Gasteiger partial charge in [0.1, 0.15) is 0 Å². The summed E-state index contributed by atoms with van der Waals surface area (Å²) in [4.78, 5) is 0. The molecule has 1 unspecified atom stereocenters. The zero-order chi connectivity index (χ0) is 27.9. The van der Waals surface area contributed by atoms with Crippen LogP contribution in [0.5, 0.6) is 0 Å². The maximum atomic E-state index is 2.51. The van der Waals surface area contributed by atoms with Gasteiger partial charge in [0.25, 0.3) is 0 Å². The Balaban J connectivity index is 0.000000223. The maximum absolute atomic E-state index is 2.51. The molecule has 5 aromatic rings. The number of unbranched alkanes of at least 4 members (excludes halogenated alkanes) is 3. The third kappa shape index (κ3) is 6.67. The van der Waals surface area contributed by atoms with Crippen LogP contribution in [0.2, 0.25) is 13.1 Å². The quantitative estimate of drug-likeness (QED) is 0.131. The predicted octanol–water partition coefficient (Wildman–Crippen LogP) is 4.81. The molecule has 4 aromatic carbocycles. The van der Waals surface area contributed by atoms with Gasteiger partial charge in [-0.25, -0.2) is 0 Å². The molecule has 1 radical (unpaired) electrons. The van der Waals surface area contributed by atoms with E-state index in [1.165, 1.54) is 76.5 Å². The van der Waals surface area contributed by atoms with Crippen LogP contribution in [0.3, 0.4) is 0 Å². The zero-order valence-corrected chi connectivity index (χ0v) is 31.0. The zero-order valence-electron chi connectivity index (χ0n) is 26.1. The maximum Gasteiger partial charge on any atom is 3.00 e. The predicted molar refractivity (Wildman–Crippen MR) is 176 cm³/mol. The second-order valence-electron chi connectivity index (χ2n) is 12.4. The molecule has 1 aliphatic carbocycles. The Morgan fingerprint density at radius 2 is 1.53 bits per heavy atom. The summed E-state index contributed by atoms with van der Waals surface area (Å²) in [7, 11) is -1.17. The van der Waals surface area contributed by atoms with Crippen molar-refractivity contribution < 1.29 is 51.0 Å². The van der Waals surface area contributed by atoms with Crippen LogP contribution in [0.4, 0.5) is 0 Å². The van der Waals surface area contributed by atoms with Gasteiger partial charge in [-0.1, -0.05) is 106 Å². The van der Waals surface area contributed by atoms with Gasteiger partial charge in [0.2, 0.25) is 0 Å². The van der Waals surface area contributed by atoms with Crippen molar-refractivity contribution in [3.8, 4) is 16.8 Å². The second-order valence-corrected chi connectivity index (χ2v) is 16.9. The number of allylic oxidation sites excluding steroid dienone is 1. The summed E-state index contributed by atoms with van der Waals surface area (Å²) in [5.41, 5.74) is 12.3. The molecule has 1 nitrogen and oxygen atoms in total. The van der Waals surface area contributed by atoms with Crippen LogP contribution in [0.1, 0.15) is 67.5 Å². The topological polar surface area (TPSA) is 4.93 Å². The first-order valence-corrected chi connectivity index (χ1v) is 18.2. The van der Waals surface area contributed by atoms with Gasteiger partial charge in [-0.15, -0.1) is 34.5 Å². The molecule has 0 saturated heterocycles. The molecule has 0 fully saturated rings. The Morgan fingerprint density at radius 3 is 2.21 bits per heavy atom. The average molecular weight is 703 g/mol. The van der Waals surface area contributed by atoms with Crippen LogP contribution in [0.15, 0.2) is 103 Å². The molecule has 1 atom stereocenters. The molecule has 1 aromatic heterocycles. The Hall–Kier alpha value is -2.03. The van der Waals surface area contributed by atoms with Crippen LogP contribution in [-0.2, 0) is 32.6 Å². The summed E-state index contributed by atoms with van der Waals surface area (Å²) in [6.07, 6.45) is 8.77. The van der Waals surface area contributed by atoms with E-state index in [0.29, 0.717) is 0 Å². The summed E-state index contributed by atoms with van der Waals surface area (Å²) in [5, 5.41) is 4.42. The second kappa shape index (κ2) is 14.8. The van der Waals surface area contributed by atoms with E-state index in [1.54, 1.807) is 16.3 Å². The molecule has 0 N–H and O–H groups in total. The van der Waals surface area contributed by atoms with Crippen molar-refractivity contribution in [2.75, 3.05) is 0 Å². The molecule has 8 rings (SSSR count). The number of halogens is 2. The van der Waals surface area contributed by atoms with Gasteiger partial charge in [-0.05, 0) is 59.9 Å². The van der Waals surface area contributed by atoms with E-state index in [1.807, 2.05) is 0 Å². The number of hydrogen-bond donors (Lipinski definition) is 0. The van der Waals surface area contributed by atoms with Crippen LogP contribution in [-0.4, -0.2) is 12.6 Å². The van der Waals surface area contributed by atoms with Gasteiger partial charge in [-0.3, -0.25) is 0 Å². The summed E-state index contributed by atoms with van der Waals surface area (Å²) < 4.78 is 2.38. The molecule has 0 saturated carbocycles. The fraction of sp³-hybridized carbons (Fsp3) is 0.289. The molecule has 0 amide bonds. The van der Waals surface area contributed by atoms with Crippen LogP contribution < -0.4 is 24.8 Å². The standard InChI is InChI=1S/C22H25.C16H17NSi.2ClH.Zr/c1-3-4-5-6-8-18-11-13-19(14-12-18)21-10-7-9-20-15-17(2)16-22(20)21;1-11-15-13-9-10-17(12-7-5-4-6-8-12)14(13)16(11)18(15,2)3;;;/h7,9-16H,3-6,8H2,1-2H3;4-10,15H,1-3H3;2*1H;/q-1;;;;+3/p-2. The van der Waals surface area contributed by atoms with Gasteiger partial charge in [0.15, 0.2) is 0 Å². The molecule has 2 bridgehead atoms. The van der Waals surface area contributed by atoms with Crippen molar-refractivity contribution in [1.82, 2.24) is 4.57 Å². The van der Waals surface area contributed by atoms with Crippen molar-refractivity contribution in [2.24, 2.45) is 0 Å². The van der Waals surface area contributed by atoms with Crippen molar-refractivity contribution in [2.45, 2.75) is 71.5 Å². The minimum Gasteiger partial charge on any atom is -1.00 e. The van der Waals surface area contributed by atoms with Crippen molar-refractivity contribution in [1.29, 1.82) is 0 Å². The largest absolute Gasteiger partial charge is 3.00 e. The van der Waals surface area contributed by atoms with Gasteiger partial charge in [0.05, 0.1) is 8.07 Å². The van der Waals surface area contributed by atoms with E-state index in [2.05, 4.69) is 136 Å². The summed E-state index contributed by atoms with van der Waals surface area (Å²) in [6.45, 7) is 11.8. The number of aryl methyl sites for hydroxylation is 2. The number of hydrogen-bond acceptors (Lipinski definition) is 0. The molecular weight excluding hydrogens is 661 g/mol. The van der Waals surface area contributed by atoms with E-state index >= 15 is 0 Å². The third-order valence-corrected chi connectivity index (χ3v) is 13.3. The Kier molecular flexibility index (Phi) is 12.2. The third-order valence-electron chi connectivity index (χ3n) is 9.17. The average Bonchev–Trinajstić information content (AvgIpc) is 3.68. The summed E-state index contributed by atoms with van der Waals surface area (Å²) >= 11 is 0. The minimum absolute atomic E-state index is 0.